The number of allylic oxidation sites excluding steroid dienone is 3. The molecule has 1 saturated carbocycles. The van der Waals surface area contributed by atoms with Gasteiger partial charge in [-0.05, 0) is 85.1 Å². The minimum atomic E-state index is -0.800. The number of nitrogens with two attached hydrogens (primary N) is 1. The second-order valence-corrected chi connectivity index (χ2v) is 10.6. The molecule has 1 fully saturated rings. The predicted octanol–water partition coefficient (Wildman–Crippen LogP) is 5.17. The zero-order chi connectivity index (χ0) is 22.1. The van der Waals surface area contributed by atoms with Gasteiger partial charge in [0.05, 0.1) is 11.7 Å². The van der Waals surface area contributed by atoms with Gasteiger partial charge in [0.1, 0.15) is 5.82 Å². The average Bonchev–Trinajstić information content (AvgIpc) is 3.06. The predicted molar refractivity (Wildman–Crippen MR) is 129 cm³/mol. The molecule has 0 bridgehead atoms. The molecule has 0 radical (unpaired) electrons. The van der Waals surface area contributed by atoms with E-state index < -0.39 is 5.60 Å². The molecule has 6 rings (SSSR count). The number of nitrogen functional groups attached to an aromatic ring is 1. The lowest BCUT2D eigenvalue weighted by Crippen LogP contribution is -2.48. The van der Waals surface area contributed by atoms with Gasteiger partial charge in [-0.1, -0.05) is 42.9 Å². The number of fused-ring (bicyclic) bond motifs is 5. The molecule has 0 aliphatic heterocycles. The standard InChI is InChI=1S/C28H32N2O2/c1-27-11-9-21-15-20-16-22(31)4-2-17(20)8-12-28(21,32)25(27)7-6-24(27)19-3-5-23-18(14-19)10-13-30-26(23)29/h3,5-6,9-10,13-15,17,22,25,31-32H,2,4,7-8,11-12,16H2,1H3,(H2,29,30)/t17?,22?,25?,27?,28-/m1/s1. The third kappa shape index (κ3) is 2.85. The van der Waals surface area contributed by atoms with Crippen molar-refractivity contribution in [2.75, 3.05) is 5.73 Å². The molecule has 4 nitrogen and oxygen atoms in total. The SMILES string of the molecule is CC12CC=C3C=C4CC(O)CCC4CC[C@]3(O)C1CC=C2c1ccc2c(N)nccc2c1. The molecular formula is C28H32N2O2. The molecule has 4 unspecified atom stereocenters. The minimum Gasteiger partial charge on any atom is -0.393 e. The quantitative estimate of drug-likeness (QED) is 0.585. The third-order valence-corrected chi connectivity index (χ3v) is 8.93. The fourth-order valence-corrected chi connectivity index (χ4v) is 7.13. The van der Waals surface area contributed by atoms with Crippen LogP contribution in [0.5, 0.6) is 0 Å². The van der Waals surface area contributed by atoms with Gasteiger partial charge in [-0.25, -0.2) is 4.98 Å². The third-order valence-electron chi connectivity index (χ3n) is 8.93. The summed E-state index contributed by atoms with van der Waals surface area (Å²) in [5.74, 6) is 1.25. The molecule has 166 valence electrons. The molecule has 0 saturated heterocycles. The zero-order valence-corrected chi connectivity index (χ0v) is 18.7. The van der Waals surface area contributed by atoms with Crippen molar-refractivity contribution in [2.45, 2.75) is 63.6 Å². The summed E-state index contributed by atoms with van der Waals surface area (Å²) >= 11 is 0. The van der Waals surface area contributed by atoms with Crippen molar-refractivity contribution in [3.63, 3.8) is 0 Å². The van der Waals surface area contributed by atoms with Crippen LogP contribution in [0.3, 0.4) is 0 Å². The largest absolute Gasteiger partial charge is 0.393 e. The fraction of sp³-hybridized carbons (Fsp3) is 0.464. The lowest BCUT2D eigenvalue weighted by molar-refractivity contribution is -0.0330. The molecule has 4 aliphatic rings. The Morgan fingerprint density at radius 3 is 2.88 bits per heavy atom. The van der Waals surface area contributed by atoms with Crippen LogP contribution < -0.4 is 5.73 Å². The van der Waals surface area contributed by atoms with E-state index in [0.29, 0.717) is 11.7 Å². The number of benzene rings is 1. The lowest BCUT2D eigenvalue weighted by atomic mass is 9.58. The van der Waals surface area contributed by atoms with Crippen LogP contribution in [0.25, 0.3) is 16.3 Å². The van der Waals surface area contributed by atoms with E-state index in [0.717, 1.165) is 61.3 Å². The molecule has 1 aromatic carbocycles. The normalized spacial score (nSPS) is 36.3. The van der Waals surface area contributed by atoms with E-state index in [9.17, 15) is 10.2 Å². The number of nitrogens with zero attached hydrogens (tertiary/aromatic N) is 1. The Bertz CT molecular complexity index is 1200. The van der Waals surface area contributed by atoms with Crippen LogP contribution in [0.15, 0.2) is 59.8 Å². The number of rotatable bonds is 1. The van der Waals surface area contributed by atoms with Crippen molar-refractivity contribution in [2.24, 2.45) is 17.3 Å². The van der Waals surface area contributed by atoms with Gasteiger partial charge in [0.15, 0.2) is 0 Å². The summed E-state index contributed by atoms with van der Waals surface area (Å²) in [6.07, 6.45) is 14.8. The van der Waals surface area contributed by atoms with E-state index in [1.165, 1.54) is 16.7 Å². The number of aromatic nitrogens is 1. The van der Waals surface area contributed by atoms with Crippen molar-refractivity contribution in [3.05, 3.63) is 65.4 Å². The number of anilines is 1. The molecule has 0 spiro atoms. The van der Waals surface area contributed by atoms with Gasteiger partial charge in [0.2, 0.25) is 0 Å². The first-order valence-electron chi connectivity index (χ1n) is 12.1. The Balaban J connectivity index is 1.38. The molecule has 0 amide bonds. The summed E-state index contributed by atoms with van der Waals surface area (Å²) in [6.45, 7) is 2.34. The highest BCUT2D eigenvalue weighted by Gasteiger charge is 2.55. The first-order valence-corrected chi connectivity index (χ1v) is 12.1. The maximum absolute atomic E-state index is 12.2. The highest BCUT2D eigenvalue weighted by atomic mass is 16.3. The van der Waals surface area contributed by atoms with E-state index in [1.54, 1.807) is 6.20 Å². The van der Waals surface area contributed by atoms with E-state index in [-0.39, 0.29) is 17.4 Å². The Morgan fingerprint density at radius 1 is 1.12 bits per heavy atom. The van der Waals surface area contributed by atoms with Crippen molar-refractivity contribution >= 4 is 22.2 Å². The summed E-state index contributed by atoms with van der Waals surface area (Å²) in [7, 11) is 0. The van der Waals surface area contributed by atoms with Crippen LogP contribution in [0.2, 0.25) is 0 Å². The molecule has 1 heterocycles. The smallest absolute Gasteiger partial charge is 0.131 e. The van der Waals surface area contributed by atoms with Crippen LogP contribution in [-0.4, -0.2) is 26.9 Å². The highest BCUT2D eigenvalue weighted by molar-refractivity contribution is 5.93. The number of hydrogen-bond donors (Lipinski definition) is 3. The summed E-state index contributed by atoms with van der Waals surface area (Å²) in [4.78, 5) is 4.21. The minimum absolute atomic E-state index is 0.0992. The Labute approximate surface area is 189 Å². The Kier molecular flexibility index (Phi) is 4.44. The lowest BCUT2D eigenvalue weighted by Gasteiger charge is -2.48. The fourth-order valence-electron chi connectivity index (χ4n) is 7.13. The number of hydrogen-bond acceptors (Lipinski definition) is 4. The van der Waals surface area contributed by atoms with E-state index in [1.807, 2.05) is 6.07 Å². The van der Waals surface area contributed by atoms with Crippen LogP contribution in [-0.2, 0) is 0 Å². The molecule has 32 heavy (non-hydrogen) atoms. The van der Waals surface area contributed by atoms with Crippen LogP contribution in [0.4, 0.5) is 5.82 Å². The van der Waals surface area contributed by atoms with Crippen LogP contribution in [0, 0.1) is 17.3 Å². The number of aliphatic hydroxyl groups excluding tert-OH is 1. The summed E-state index contributed by atoms with van der Waals surface area (Å²) in [5, 5.41) is 24.5. The zero-order valence-electron chi connectivity index (χ0n) is 18.7. The van der Waals surface area contributed by atoms with Crippen molar-refractivity contribution < 1.29 is 10.2 Å². The first kappa shape index (κ1) is 20.2. The van der Waals surface area contributed by atoms with Crippen molar-refractivity contribution in [3.8, 4) is 0 Å². The second-order valence-electron chi connectivity index (χ2n) is 10.6. The van der Waals surface area contributed by atoms with Gasteiger partial charge >= 0.3 is 0 Å². The van der Waals surface area contributed by atoms with Crippen LogP contribution >= 0.6 is 0 Å². The summed E-state index contributed by atoms with van der Waals surface area (Å²) in [6, 6.07) is 8.48. The molecule has 5 atom stereocenters. The molecular weight excluding hydrogens is 396 g/mol. The Morgan fingerprint density at radius 2 is 2.00 bits per heavy atom. The number of pyridine rings is 1. The number of aliphatic hydroxyl groups is 2. The van der Waals surface area contributed by atoms with E-state index in [2.05, 4.69) is 48.3 Å². The van der Waals surface area contributed by atoms with Crippen molar-refractivity contribution in [1.29, 1.82) is 0 Å². The van der Waals surface area contributed by atoms with Gasteiger partial charge in [-0.15, -0.1) is 0 Å². The van der Waals surface area contributed by atoms with Gasteiger partial charge in [-0.2, -0.15) is 0 Å². The summed E-state index contributed by atoms with van der Waals surface area (Å²) < 4.78 is 0. The molecule has 1 aromatic heterocycles. The molecule has 4 N–H and O–H groups in total. The van der Waals surface area contributed by atoms with E-state index >= 15 is 0 Å². The van der Waals surface area contributed by atoms with Crippen LogP contribution in [0.1, 0.15) is 57.4 Å². The molecule has 2 aromatic rings. The van der Waals surface area contributed by atoms with Gasteiger partial charge in [0, 0.05) is 22.9 Å². The molecule has 4 heteroatoms. The van der Waals surface area contributed by atoms with Gasteiger partial charge in [-0.3, -0.25) is 0 Å². The van der Waals surface area contributed by atoms with Gasteiger partial charge in [0.25, 0.3) is 0 Å². The highest BCUT2D eigenvalue weighted by Crippen LogP contribution is 2.61. The molecule has 4 aliphatic carbocycles. The first-order chi connectivity index (χ1) is 15.4. The maximum Gasteiger partial charge on any atom is 0.131 e. The topological polar surface area (TPSA) is 79.4 Å². The van der Waals surface area contributed by atoms with Gasteiger partial charge < -0.3 is 15.9 Å². The van der Waals surface area contributed by atoms with E-state index in [4.69, 9.17) is 5.73 Å². The summed E-state index contributed by atoms with van der Waals surface area (Å²) in [5.41, 5.74) is 10.2. The Hall–Kier alpha value is -2.43. The second kappa shape index (κ2) is 7.03. The maximum atomic E-state index is 12.2. The monoisotopic (exact) mass is 428 g/mol. The van der Waals surface area contributed by atoms with Crippen molar-refractivity contribution in [1.82, 2.24) is 4.98 Å². The average molecular weight is 429 g/mol.